The second-order valence-electron chi connectivity index (χ2n) is 7.13. The first-order valence-electron chi connectivity index (χ1n) is 9.76. The number of hydrogen-bond acceptors (Lipinski definition) is 4. The van der Waals surface area contributed by atoms with Crippen molar-refractivity contribution < 1.29 is 17.9 Å². The fourth-order valence-electron chi connectivity index (χ4n) is 3.19. The van der Waals surface area contributed by atoms with Gasteiger partial charge in [0.2, 0.25) is 10.0 Å². The lowest BCUT2D eigenvalue weighted by atomic mass is 10.2. The van der Waals surface area contributed by atoms with Gasteiger partial charge in [0.05, 0.1) is 11.6 Å². The number of amides is 1. The molecule has 0 aromatic heterocycles. The Labute approximate surface area is 187 Å². The van der Waals surface area contributed by atoms with E-state index in [4.69, 9.17) is 27.9 Å². The SMILES string of the molecule is Cc1ccc(OCCNC(=O)c2ccc(Cl)c(S(=O)(=O)N3CCCCC3)c2)cc1Cl. The number of halogens is 2. The summed E-state index contributed by atoms with van der Waals surface area (Å²) in [6.07, 6.45) is 2.66. The molecule has 9 heteroatoms. The van der Waals surface area contributed by atoms with E-state index in [0.717, 1.165) is 24.8 Å². The number of nitrogens with zero attached hydrogens (tertiary/aromatic N) is 1. The van der Waals surface area contributed by atoms with Gasteiger partial charge in [-0.05, 0) is 55.7 Å². The molecule has 2 aromatic carbocycles. The lowest BCUT2D eigenvalue weighted by Crippen LogP contribution is -2.36. The molecule has 2 aromatic rings. The van der Waals surface area contributed by atoms with Crippen molar-refractivity contribution in [2.45, 2.75) is 31.1 Å². The molecule has 0 atom stereocenters. The Hall–Kier alpha value is -1.80. The van der Waals surface area contributed by atoms with E-state index >= 15 is 0 Å². The van der Waals surface area contributed by atoms with Gasteiger partial charge in [-0.2, -0.15) is 4.31 Å². The number of carbonyl (C=O) groups is 1. The van der Waals surface area contributed by atoms with Crippen molar-refractivity contribution in [3.8, 4) is 5.75 Å². The zero-order chi connectivity index (χ0) is 21.7. The van der Waals surface area contributed by atoms with Crippen LogP contribution in [0.4, 0.5) is 0 Å². The van der Waals surface area contributed by atoms with E-state index < -0.39 is 15.9 Å². The third kappa shape index (κ3) is 5.46. The highest BCUT2D eigenvalue weighted by atomic mass is 35.5. The van der Waals surface area contributed by atoms with Gasteiger partial charge in [0.1, 0.15) is 17.3 Å². The predicted molar refractivity (Wildman–Crippen MR) is 118 cm³/mol. The van der Waals surface area contributed by atoms with Crippen LogP contribution in [-0.4, -0.2) is 44.9 Å². The lowest BCUT2D eigenvalue weighted by molar-refractivity contribution is 0.0947. The van der Waals surface area contributed by atoms with Crippen LogP contribution in [0, 0.1) is 6.92 Å². The quantitative estimate of drug-likeness (QED) is 0.612. The van der Waals surface area contributed by atoms with E-state index in [1.165, 1.54) is 22.5 Å². The molecule has 1 heterocycles. The number of sulfonamides is 1. The summed E-state index contributed by atoms with van der Waals surface area (Å²) in [5.41, 5.74) is 1.18. The number of nitrogens with one attached hydrogen (secondary N) is 1. The molecular formula is C21H24Cl2N2O4S. The normalized spacial score (nSPS) is 15.0. The second kappa shape index (κ2) is 10.0. The Balaban J connectivity index is 1.62. The maximum atomic E-state index is 12.9. The maximum absolute atomic E-state index is 12.9. The van der Waals surface area contributed by atoms with Crippen LogP contribution < -0.4 is 10.1 Å². The number of ether oxygens (including phenoxy) is 1. The van der Waals surface area contributed by atoms with Crippen LogP contribution in [0.3, 0.4) is 0 Å². The summed E-state index contributed by atoms with van der Waals surface area (Å²) in [5, 5.41) is 3.44. The summed E-state index contributed by atoms with van der Waals surface area (Å²) in [7, 11) is -3.73. The third-order valence-electron chi connectivity index (χ3n) is 4.93. The molecule has 1 aliphatic rings. The van der Waals surface area contributed by atoms with Crippen LogP contribution in [0.1, 0.15) is 35.2 Å². The Kier molecular flexibility index (Phi) is 7.63. The molecule has 1 saturated heterocycles. The highest BCUT2D eigenvalue weighted by molar-refractivity contribution is 7.89. The summed E-state index contributed by atoms with van der Waals surface area (Å²) >= 11 is 12.2. The minimum Gasteiger partial charge on any atom is -0.492 e. The molecular weight excluding hydrogens is 447 g/mol. The van der Waals surface area contributed by atoms with E-state index in [1.54, 1.807) is 12.1 Å². The molecule has 0 spiro atoms. The molecule has 30 heavy (non-hydrogen) atoms. The molecule has 0 unspecified atom stereocenters. The minimum absolute atomic E-state index is 0.0377. The van der Waals surface area contributed by atoms with Crippen LogP contribution in [0.15, 0.2) is 41.3 Å². The van der Waals surface area contributed by atoms with Crippen LogP contribution in [0.2, 0.25) is 10.0 Å². The van der Waals surface area contributed by atoms with E-state index in [1.807, 2.05) is 13.0 Å². The van der Waals surface area contributed by atoms with Gasteiger partial charge in [-0.3, -0.25) is 4.79 Å². The standard InChI is InChI=1S/C21H24Cl2N2O4S/c1-15-5-7-17(14-19(15)23)29-12-9-24-21(26)16-6-8-18(22)20(13-16)30(27,28)25-10-3-2-4-11-25/h5-8,13-14H,2-4,9-12H2,1H3,(H,24,26). The highest BCUT2D eigenvalue weighted by Crippen LogP contribution is 2.28. The molecule has 0 saturated carbocycles. The van der Waals surface area contributed by atoms with Crippen molar-refractivity contribution in [2.75, 3.05) is 26.2 Å². The first kappa shape index (κ1) is 22.9. The van der Waals surface area contributed by atoms with Gasteiger partial charge < -0.3 is 10.1 Å². The van der Waals surface area contributed by atoms with Crippen molar-refractivity contribution in [3.63, 3.8) is 0 Å². The Bertz CT molecular complexity index is 1020. The zero-order valence-corrected chi connectivity index (χ0v) is 19.0. The fourth-order valence-corrected chi connectivity index (χ4v) is 5.37. The number of benzene rings is 2. The second-order valence-corrected chi connectivity index (χ2v) is 9.85. The molecule has 6 nitrogen and oxygen atoms in total. The highest BCUT2D eigenvalue weighted by Gasteiger charge is 2.28. The van der Waals surface area contributed by atoms with E-state index in [0.29, 0.717) is 23.9 Å². The van der Waals surface area contributed by atoms with Gasteiger partial charge in [0.25, 0.3) is 5.91 Å². The molecule has 3 rings (SSSR count). The van der Waals surface area contributed by atoms with Crippen molar-refractivity contribution in [1.29, 1.82) is 0 Å². The Morgan fingerprint density at radius 3 is 2.50 bits per heavy atom. The van der Waals surface area contributed by atoms with Crippen molar-refractivity contribution in [2.24, 2.45) is 0 Å². The monoisotopic (exact) mass is 470 g/mol. The van der Waals surface area contributed by atoms with Gasteiger partial charge in [0, 0.05) is 23.7 Å². The molecule has 162 valence electrons. The topological polar surface area (TPSA) is 75.7 Å². The lowest BCUT2D eigenvalue weighted by Gasteiger charge is -2.26. The van der Waals surface area contributed by atoms with Crippen molar-refractivity contribution in [1.82, 2.24) is 9.62 Å². The zero-order valence-electron chi connectivity index (χ0n) is 16.7. The molecule has 0 radical (unpaired) electrons. The van der Waals surface area contributed by atoms with Crippen LogP contribution in [-0.2, 0) is 10.0 Å². The van der Waals surface area contributed by atoms with Gasteiger partial charge in [-0.15, -0.1) is 0 Å². The Morgan fingerprint density at radius 1 is 1.07 bits per heavy atom. The summed E-state index contributed by atoms with van der Waals surface area (Å²) in [6.45, 7) is 3.34. The van der Waals surface area contributed by atoms with Crippen molar-refractivity contribution in [3.05, 3.63) is 57.6 Å². The third-order valence-corrected chi connectivity index (χ3v) is 7.71. The summed E-state index contributed by atoms with van der Waals surface area (Å²) in [4.78, 5) is 12.4. The summed E-state index contributed by atoms with van der Waals surface area (Å²) in [5.74, 6) is 0.216. The largest absolute Gasteiger partial charge is 0.492 e. The van der Waals surface area contributed by atoms with Gasteiger partial charge in [-0.25, -0.2) is 8.42 Å². The van der Waals surface area contributed by atoms with Crippen molar-refractivity contribution >= 4 is 39.1 Å². The smallest absolute Gasteiger partial charge is 0.251 e. The number of carbonyl (C=O) groups excluding carboxylic acids is 1. The molecule has 0 aliphatic carbocycles. The minimum atomic E-state index is -3.73. The summed E-state index contributed by atoms with van der Waals surface area (Å²) < 4.78 is 32.9. The molecule has 1 aliphatic heterocycles. The first-order valence-corrected chi connectivity index (χ1v) is 12.0. The van der Waals surface area contributed by atoms with Crippen LogP contribution >= 0.6 is 23.2 Å². The first-order chi connectivity index (χ1) is 14.3. The molecule has 1 fully saturated rings. The van der Waals surface area contributed by atoms with Gasteiger partial charge in [-0.1, -0.05) is 35.7 Å². The van der Waals surface area contributed by atoms with E-state index in [2.05, 4.69) is 5.32 Å². The number of piperidine rings is 1. The van der Waals surface area contributed by atoms with Crippen LogP contribution in [0.5, 0.6) is 5.75 Å². The Morgan fingerprint density at radius 2 is 1.80 bits per heavy atom. The molecule has 1 amide bonds. The number of hydrogen-bond donors (Lipinski definition) is 1. The molecule has 1 N–H and O–H groups in total. The summed E-state index contributed by atoms with van der Waals surface area (Å²) in [6, 6.07) is 9.66. The van der Waals surface area contributed by atoms with Gasteiger partial charge >= 0.3 is 0 Å². The maximum Gasteiger partial charge on any atom is 0.251 e. The van der Waals surface area contributed by atoms with E-state index in [9.17, 15) is 13.2 Å². The fraction of sp³-hybridized carbons (Fsp3) is 0.381. The average molecular weight is 471 g/mol. The average Bonchev–Trinajstić information content (AvgIpc) is 2.74. The van der Waals surface area contributed by atoms with E-state index in [-0.39, 0.29) is 28.6 Å². The molecule has 0 bridgehead atoms. The van der Waals surface area contributed by atoms with Gasteiger partial charge in [0.15, 0.2) is 0 Å². The number of rotatable bonds is 7. The number of aryl methyl sites for hydroxylation is 1. The van der Waals surface area contributed by atoms with Crippen LogP contribution in [0.25, 0.3) is 0 Å². The predicted octanol–water partition coefficient (Wildman–Crippen LogP) is 4.29.